The molecule has 0 N–H and O–H groups in total. The topological polar surface area (TPSA) is 52.6 Å². The normalized spacial score (nSPS) is 57.1. The second kappa shape index (κ2) is 2.84. The van der Waals surface area contributed by atoms with Gasteiger partial charge in [0.1, 0.15) is 11.8 Å². The number of alkyl halides is 2. The van der Waals surface area contributed by atoms with Gasteiger partial charge in [-0.2, -0.15) is 0 Å². The lowest BCUT2D eigenvalue weighted by Crippen LogP contribution is -2.49. The van der Waals surface area contributed by atoms with Gasteiger partial charge in [0.05, 0.1) is 21.4 Å². The van der Waals surface area contributed by atoms with Crippen molar-refractivity contribution in [3.63, 3.8) is 0 Å². The number of hydrogen-bond donors (Lipinski definition) is 0. The Morgan fingerprint density at radius 2 is 1.93 bits per heavy atom. The third-order valence-corrected chi connectivity index (χ3v) is 6.83. The highest BCUT2D eigenvalue weighted by atomic mass is 79.9. The number of carbonyl (C=O) groups is 2. The predicted molar refractivity (Wildman–Crippen MR) is 56.8 cm³/mol. The Morgan fingerprint density at radius 1 is 1.27 bits per heavy atom. The van der Waals surface area contributed by atoms with Crippen LogP contribution in [0.25, 0.3) is 0 Å². The number of carbonyl (C=O) groups excluding carboxylic acids is 2. The van der Waals surface area contributed by atoms with Crippen molar-refractivity contribution in [2.24, 2.45) is 11.8 Å². The van der Waals surface area contributed by atoms with Crippen LogP contribution < -0.4 is 0 Å². The molecule has 0 aromatic rings. The van der Waals surface area contributed by atoms with E-state index < -0.39 is 29.4 Å². The minimum Gasteiger partial charge on any atom is -0.393 e. The van der Waals surface area contributed by atoms with Crippen molar-refractivity contribution in [2.75, 3.05) is 0 Å². The fraction of sp³-hybridized carbons (Fsp3) is 0.778. The molecule has 0 spiro atoms. The number of cyclic esters (lactones) is 2. The lowest BCUT2D eigenvalue weighted by atomic mass is 9.74. The van der Waals surface area contributed by atoms with Crippen LogP contribution >= 0.6 is 31.9 Å². The minimum atomic E-state index is -0.632. The molecule has 3 fully saturated rings. The summed E-state index contributed by atoms with van der Waals surface area (Å²) in [5.41, 5.74) is -0.632. The van der Waals surface area contributed by atoms with Gasteiger partial charge in [-0.15, -0.1) is 0 Å². The van der Waals surface area contributed by atoms with Crippen LogP contribution in [0.3, 0.4) is 0 Å². The van der Waals surface area contributed by atoms with Gasteiger partial charge in [-0.25, -0.2) is 0 Å². The molecule has 4 nitrogen and oxygen atoms in total. The zero-order valence-corrected chi connectivity index (χ0v) is 10.9. The zero-order chi connectivity index (χ0) is 11.0. The van der Waals surface area contributed by atoms with E-state index in [0.29, 0.717) is 0 Å². The Kier molecular flexibility index (Phi) is 1.94. The molecule has 6 atom stereocenters. The van der Waals surface area contributed by atoms with E-state index in [0.717, 1.165) is 0 Å². The first-order chi connectivity index (χ1) is 6.97. The number of ether oxygens (including phenoxy) is 2. The number of hydrogen-bond acceptors (Lipinski definition) is 4. The second-order valence-corrected chi connectivity index (χ2v) is 6.40. The lowest BCUT2D eigenvalue weighted by Gasteiger charge is -2.31. The molecule has 3 aliphatic rings. The maximum atomic E-state index is 11.6. The fourth-order valence-electron chi connectivity index (χ4n) is 2.85. The van der Waals surface area contributed by atoms with Gasteiger partial charge in [0.25, 0.3) is 0 Å². The summed E-state index contributed by atoms with van der Waals surface area (Å²) in [5, 5.41) is 0. The molecular formula is C9H8Br2O4. The molecule has 0 aliphatic carbocycles. The summed E-state index contributed by atoms with van der Waals surface area (Å²) in [6.45, 7) is 1.85. The summed E-state index contributed by atoms with van der Waals surface area (Å²) < 4.78 is 10.4. The van der Waals surface area contributed by atoms with Crippen LogP contribution in [0, 0.1) is 11.8 Å². The molecule has 15 heavy (non-hydrogen) atoms. The minimum absolute atomic E-state index is 0.0229. The van der Waals surface area contributed by atoms with Crippen LogP contribution in [0.5, 0.6) is 0 Å². The molecular weight excluding hydrogens is 332 g/mol. The van der Waals surface area contributed by atoms with Crippen molar-refractivity contribution in [3.05, 3.63) is 0 Å². The molecule has 6 heteroatoms. The highest BCUT2D eigenvalue weighted by molar-refractivity contribution is 9.12. The van der Waals surface area contributed by atoms with Crippen molar-refractivity contribution in [2.45, 2.75) is 28.3 Å². The maximum absolute atomic E-state index is 11.6. The molecule has 0 amide bonds. The number of halogens is 2. The molecule has 2 bridgehead atoms. The van der Waals surface area contributed by atoms with Crippen LogP contribution in [0.1, 0.15) is 6.92 Å². The molecule has 0 unspecified atom stereocenters. The van der Waals surface area contributed by atoms with Gasteiger partial charge in [-0.05, 0) is 6.92 Å². The first-order valence-corrected chi connectivity index (χ1v) is 6.51. The first kappa shape index (κ1) is 10.2. The van der Waals surface area contributed by atoms with Crippen molar-refractivity contribution >= 4 is 43.8 Å². The molecule has 0 saturated carbocycles. The van der Waals surface area contributed by atoms with E-state index in [-0.39, 0.29) is 15.8 Å². The lowest BCUT2D eigenvalue weighted by molar-refractivity contribution is -0.158. The largest absolute Gasteiger partial charge is 0.393 e. The SMILES string of the molecule is C[C@@]12O[C@@H]([C@H](Br)[C@@H]1Br)[C@@H]1C(=O)OC(=O)[C@@H]12. The molecule has 0 aromatic heterocycles. The molecule has 3 rings (SSSR count). The third-order valence-electron chi connectivity index (χ3n) is 3.59. The van der Waals surface area contributed by atoms with Gasteiger partial charge in [0.2, 0.25) is 0 Å². The summed E-state index contributed by atoms with van der Waals surface area (Å²) in [6, 6.07) is 0. The molecule has 3 saturated heterocycles. The standard InChI is InChI=1S/C9H8Br2O4/c1-9-3-2(7(12)14-8(3)13)5(15-9)4(10)6(9)11/h2-6H,1H3/t2-,3-,4+,5-,6+,9+/m1/s1. The van der Waals surface area contributed by atoms with Gasteiger partial charge < -0.3 is 9.47 Å². The first-order valence-electron chi connectivity index (χ1n) is 4.68. The van der Waals surface area contributed by atoms with Gasteiger partial charge >= 0.3 is 11.9 Å². The average molecular weight is 340 g/mol. The average Bonchev–Trinajstić information content (AvgIpc) is 2.70. The van der Waals surface area contributed by atoms with Crippen LogP contribution in [-0.2, 0) is 19.1 Å². The summed E-state index contributed by atoms with van der Waals surface area (Å²) in [7, 11) is 0. The predicted octanol–water partition coefficient (Wildman–Crippen LogP) is 1.00. The number of esters is 2. The van der Waals surface area contributed by atoms with Crippen molar-refractivity contribution in [3.8, 4) is 0 Å². The summed E-state index contributed by atoms with van der Waals surface area (Å²) in [5.74, 6) is -1.77. The van der Waals surface area contributed by atoms with Gasteiger partial charge in [0, 0.05) is 0 Å². The summed E-state index contributed by atoms with van der Waals surface area (Å²) >= 11 is 7.00. The Bertz CT molecular complexity index is 371. The fourth-order valence-corrected chi connectivity index (χ4v) is 4.50. The van der Waals surface area contributed by atoms with E-state index >= 15 is 0 Å². The second-order valence-electron chi connectivity index (χ2n) is 4.36. The molecule has 0 aromatic carbocycles. The Labute approximate surface area is 103 Å². The van der Waals surface area contributed by atoms with E-state index in [1.807, 2.05) is 6.92 Å². The monoisotopic (exact) mass is 338 g/mol. The summed E-state index contributed by atoms with van der Waals surface area (Å²) in [4.78, 5) is 23.1. The van der Waals surface area contributed by atoms with Crippen molar-refractivity contribution in [1.82, 2.24) is 0 Å². The van der Waals surface area contributed by atoms with E-state index in [1.54, 1.807) is 0 Å². The highest BCUT2D eigenvalue weighted by Crippen LogP contribution is 2.58. The highest BCUT2D eigenvalue weighted by Gasteiger charge is 2.73. The van der Waals surface area contributed by atoms with Crippen LogP contribution in [0.4, 0.5) is 0 Å². The van der Waals surface area contributed by atoms with Crippen LogP contribution in [0.2, 0.25) is 0 Å². The van der Waals surface area contributed by atoms with Gasteiger partial charge in [-0.1, -0.05) is 31.9 Å². The Balaban J connectivity index is 2.09. The van der Waals surface area contributed by atoms with E-state index in [9.17, 15) is 9.59 Å². The number of rotatable bonds is 0. The maximum Gasteiger partial charge on any atom is 0.320 e. The smallest absolute Gasteiger partial charge is 0.320 e. The van der Waals surface area contributed by atoms with E-state index in [4.69, 9.17) is 4.74 Å². The Hall–Kier alpha value is 0.0600. The van der Waals surface area contributed by atoms with Crippen LogP contribution in [0.15, 0.2) is 0 Å². The van der Waals surface area contributed by atoms with Crippen LogP contribution in [-0.4, -0.2) is 33.3 Å². The molecule has 3 aliphatic heterocycles. The van der Waals surface area contributed by atoms with Crippen molar-refractivity contribution in [1.29, 1.82) is 0 Å². The molecule has 3 heterocycles. The zero-order valence-electron chi connectivity index (χ0n) is 7.78. The van der Waals surface area contributed by atoms with Gasteiger partial charge in [-0.3, -0.25) is 9.59 Å². The van der Waals surface area contributed by atoms with Crippen molar-refractivity contribution < 1.29 is 19.1 Å². The van der Waals surface area contributed by atoms with Gasteiger partial charge in [0.15, 0.2) is 0 Å². The number of fused-ring (bicyclic) bond motifs is 5. The molecule has 0 radical (unpaired) electrons. The quantitative estimate of drug-likeness (QED) is 0.375. The summed E-state index contributed by atoms with van der Waals surface area (Å²) in [6.07, 6.45) is -0.261. The van der Waals surface area contributed by atoms with E-state index in [1.165, 1.54) is 0 Å². The Morgan fingerprint density at radius 3 is 2.60 bits per heavy atom. The third kappa shape index (κ3) is 1.01. The molecule has 82 valence electrons. The van der Waals surface area contributed by atoms with E-state index in [2.05, 4.69) is 36.6 Å².